The van der Waals surface area contributed by atoms with Gasteiger partial charge in [-0.05, 0) is 28.7 Å². The largest absolute Gasteiger partial charge is 0.469 e. The average Bonchev–Trinajstić information content (AvgIpc) is 2.25. The van der Waals surface area contributed by atoms with Crippen LogP contribution in [0.2, 0.25) is 0 Å². The zero-order valence-corrected chi connectivity index (χ0v) is 11.6. The van der Waals surface area contributed by atoms with Crippen LogP contribution in [0, 0.1) is 3.57 Å². The van der Waals surface area contributed by atoms with Crippen LogP contribution < -0.4 is 0 Å². The van der Waals surface area contributed by atoms with Crippen molar-refractivity contribution in [1.29, 1.82) is 0 Å². The summed E-state index contributed by atoms with van der Waals surface area (Å²) in [5.41, 5.74) is -2.76. The SMILES string of the molecule is COC(=O)Cc1nc(C(F)F)cc(I)c1C(F)(F)F. The molecule has 19 heavy (non-hydrogen) atoms. The van der Waals surface area contributed by atoms with Gasteiger partial charge in [0.15, 0.2) is 0 Å². The minimum Gasteiger partial charge on any atom is -0.469 e. The third kappa shape index (κ3) is 3.98. The van der Waals surface area contributed by atoms with Crippen molar-refractivity contribution >= 4 is 28.6 Å². The Labute approximate surface area is 118 Å². The summed E-state index contributed by atoms with van der Waals surface area (Å²) in [7, 11) is 0.984. The van der Waals surface area contributed by atoms with Gasteiger partial charge in [0, 0.05) is 3.57 Å². The number of carbonyl (C=O) groups excluding carboxylic acids is 1. The topological polar surface area (TPSA) is 39.2 Å². The first-order valence-corrected chi connectivity index (χ1v) is 5.86. The lowest BCUT2D eigenvalue weighted by atomic mass is 10.1. The van der Waals surface area contributed by atoms with Crippen molar-refractivity contribution in [3.05, 3.63) is 26.6 Å². The molecule has 3 nitrogen and oxygen atoms in total. The lowest BCUT2D eigenvalue weighted by Gasteiger charge is -2.15. The number of pyridine rings is 1. The first-order valence-electron chi connectivity index (χ1n) is 4.78. The Bertz CT molecular complexity index is 490. The number of aromatic nitrogens is 1. The van der Waals surface area contributed by atoms with Crippen LogP contribution in [-0.2, 0) is 22.1 Å². The van der Waals surface area contributed by atoms with Crippen molar-refractivity contribution in [2.75, 3.05) is 7.11 Å². The van der Waals surface area contributed by atoms with E-state index in [-0.39, 0.29) is 0 Å². The molecule has 0 aliphatic carbocycles. The molecule has 0 bridgehead atoms. The second-order valence-electron chi connectivity index (χ2n) is 3.40. The van der Waals surface area contributed by atoms with Crippen LogP contribution in [-0.4, -0.2) is 18.1 Å². The van der Waals surface area contributed by atoms with Gasteiger partial charge < -0.3 is 4.74 Å². The number of alkyl halides is 5. The molecule has 0 amide bonds. The number of rotatable bonds is 3. The normalized spacial score (nSPS) is 11.8. The molecule has 106 valence electrons. The summed E-state index contributed by atoms with van der Waals surface area (Å²) in [5.74, 6) is -0.986. The van der Waals surface area contributed by atoms with Gasteiger partial charge in [-0.1, -0.05) is 0 Å². The van der Waals surface area contributed by atoms with E-state index >= 15 is 0 Å². The maximum atomic E-state index is 12.8. The lowest BCUT2D eigenvalue weighted by molar-refractivity contribution is -0.142. The molecular weight excluding hydrogens is 388 g/mol. The smallest absolute Gasteiger partial charge is 0.419 e. The van der Waals surface area contributed by atoms with Crippen LogP contribution in [0.4, 0.5) is 22.0 Å². The Morgan fingerprint density at radius 1 is 1.47 bits per heavy atom. The monoisotopic (exact) mass is 395 g/mol. The molecule has 0 saturated carbocycles. The second kappa shape index (κ2) is 5.97. The molecule has 0 radical (unpaired) electrons. The van der Waals surface area contributed by atoms with Crippen LogP contribution in [0.1, 0.15) is 23.4 Å². The van der Waals surface area contributed by atoms with Gasteiger partial charge in [0.05, 0.1) is 24.8 Å². The van der Waals surface area contributed by atoms with Gasteiger partial charge in [0.1, 0.15) is 5.69 Å². The molecule has 0 atom stereocenters. The summed E-state index contributed by atoms with van der Waals surface area (Å²) in [5, 5.41) is 0. The van der Waals surface area contributed by atoms with E-state index in [1.165, 1.54) is 22.6 Å². The minimum absolute atomic E-state index is 0.436. The van der Waals surface area contributed by atoms with Crippen molar-refractivity contribution in [3.8, 4) is 0 Å². The summed E-state index contributed by atoms with van der Waals surface area (Å²) >= 11 is 1.28. The Morgan fingerprint density at radius 2 is 2.05 bits per heavy atom. The minimum atomic E-state index is -4.78. The highest BCUT2D eigenvalue weighted by molar-refractivity contribution is 14.1. The Morgan fingerprint density at radius 3 is 2.47 bits per heavy atom. The molecule has 9 heteroatoms. The van der Waals surface area contributed by atoms with Crippen LogP contribution in [0.3, 0.4) is 0 Å². The van der Waals surface area contributed by atoms with E-state index in [0.29, 0.717) is 6.07 Å². The third-order valence-corrected chi connectivity index (χ3v) is 2.96. The number of methoxy groups -OCH3 is 1. The number of hydrogen-bond acceptors (Lipinski definition) is 3. The Kier molecular flexibility index (Phi) is 5.04. The molecular formula is C10H7F5INO2. The summed E-state index contributed by atoms with van der Waals surface area (Å²) in [6.07, 6.45) is -8.62. The molecule has 0 spiro atoms. The fourth-order valence-corrected chi connectivity index (χ4v) is 2.27. The molecule has 1 aromatic rings. The number of esters is 1. The van der Waals surface area contributed by atoms with Gasteiger partial charge >= 0.3 is 12.1 Å². The van der Waals surface area contributed by atoms with Crippen molar-refractivity contribution < 1.29 is 31.5 Å². The maximum absolute atomic E-state index is 12.8. The third-order valence-electron chi connectivity index (χ3n) is 2.11. The zero-order chi connectivity index (χ0) is 14.8. The van der Waals surface area contributed by atoms with Crippen LogP contribution in [0.5, 0.6) is 0 Å². The predicted octanol–water partition coefficient (Wildman–Crippen LogP) is 3.36. The van der Waals surface area contributed by atoms with E-state index in [9.17, 15) is 26.7 Å². The van der Waals surface area contributed by atoms with Gasteiger partial charge in [0.2, 0.25) is 0 Å². The Balaban J connectivity index is 3.40. The van der Waals surface area contributed by atoms with E-state index in [1.807, 2.05) is 0 Å². The molecule has 0 aromatic carbocycles. The predicted molar refractivity (Wildman–Crippen MR) is 62.6 cm³/mol. The molecule has 0 aliphatic heterocycles. The molecule has 0 aliphatic rings. The number of carbonyl (C=O) groups is 1. The summed E-state index contributed by atoms with van der Waals surface area (Å²) in [4.78, 5) is 14.2. The second-order valence-corrected chi connectivity index (χ2v) is 4.56. The molecule has 0 unspecified atom stereocenters. The van der Waals surface area contributed by atoms with Crippen molar-refractivity contribution in [2.24, 2.45) is 0 Å². The summed E-state index contributed by atoms with van der Waals surface area (Å²) in [6.45, 7) is 0. The molecule has 1 aromatic heterocycles. The fourth-order valence-electron chi connectivity index (χ4n) is 1.33. The molecule has 0 saturated heterocycles. The summed E-state index contributed by atoms with van der Waals surface area (Å²) < 4.78 is 67.2. The van der Waals surface area contributed by atoms with E-state index in [2.05, 4.69) is 9.72 Å². The van der Waals surface area contributed by atoms with Gasteiger partial charge in [-0.15, -0.1) is 0 Å². The van der Waals surface area contributed by atoms with Crippen molar-refractivity contribution in [3.63, 3.8) is 0 Å². The fraction of sp³-hybridized carbons (Fsp3) is 0.400. The zero-order valence-electron chi connectivity index (χ0n) is 9.39. The van der Waals surface area contributed by atoms with E-state index < -0.39 is 45.5 Å². The lowest BCUT2D eigenvalue weighted by Crippen LogP contribution is -2.18. The number of nitrogens with zero attached hydrogens (tertiary/aromatic N) is 1. The van der Waals surface area contributed by atoms with Gasteiger partial charge in [-0.2, -0.15) is 13.2 Å². The first kappa shape index (κ1) is 16.1. The molecule has 1 heterocycles. The van der Waals surface area contributed by atoms with Gasteiger partial charge in [-0.3, -0.25) is 9.78 Å². The number of hydrogen-bond donors (Lipinski definition) is 0. The van der Waals surface area contributed by atoms with E-state index in [1.54, 1.807) is 0 Å². The van der Waals surface area contributed by atoms with Gasteiger partial charge in [-0.25, -0.2) is 8.78 Å². The van der Waals surface area contributed by atoms with E-state index in [0.717, 1.165) is 7.11 Å². The van der Waals surface area contributed by atoms with Crippen molar-refractivity contribution in [1.82, 2.24) is 4.98 Å². The maximum Gasteiger partial charge on any atom is 0.419 e. The average molecular weight is 395 g/mol. The van der Waals surface area contributed by atoms with Crippen LogP contribution >= 0.6 is 22.6 Å². The molecule has 0 N–H and O–H groups in total. The van der Waals surface area contributed by atoms with Crippen LogP contribution in [0.25, 0.3) is 0 Å². The molecule has 1 rings (SSSR count). The van der Waals surface area contributed by atoms with E-state index in [4.69, 9.17) is 0 Å². The Hall–Kier alpha value is -1.00. The highest BCUT2D eigenvalue weighted by Gasteiger charge is 2.38. The van der Waals surface area contributed by atoms with Crippen LogP contribution in [0.15, 0.2) is 6.07 Å². The quantitative estimate of drug-likeness (QED) is 0.448. The molecule has 0 fully saturated rings. The van der Waals surface area contributed by atoms with Gasteiger partial charge in [0.25, 0.3) is 6.43 Å². The number of halogens is 6. The highest BCUT2D eigenvalue weighted by Crippen LogP contribution is 2.36. The highest BCUT2D eigenvalue weighted by atomic mass is 127. The first-order chi connectivity index (χ1) is 8.66. The summed E-state index contributed by atoms with van der Waals surface area (Å²) in [6, 6.07) is 0.648. The standard InChI is InChI=1S/C10H7F5INO2/c1-19-7(18)3-5-8(10(13,14)15)4(16)2-6(17-5)9(11)12/h2,9H,3H2,1H3. The van der Waals surface area contributed by atoms with Crippen molar-refractivity contribution in [2.45, 2.75) is 19.0 Å². The number of ether oxygens (including phenoxy) is 1.